The predicted octanol–water partition coefficient (Wildman–Crippen LogP) is 3.00. The Morgan fingerprint density at radius 3 is 2.79 bits per heavy atom. The third kappa shape index (κ3) is 4.70. The summed E-state index contributed by atoms with van der Waals surface area (Å²) in [5.74, 6) is 0.983. The van der Waals surface area contributed by atoms with Crippen LogP contribution in [-0.4, -0.2) is 71.9 Å². The largest absolute Gasteiger partial charge is 0.340 e. The highest BCUT2D eigenvalue weighted by atomic mass is 16.2. The second-order valence-electron chi connectivity index (χ2n) is 8.46. The summed E-state index contributed by atoms with van der Waals surface area (Å²) in [6.07, 6.45) is 6.09. The molecule has 0 aliphatic carbocycles. The molecule has 0 bridgehead atoms. The minimum Gasteiger partial charge on any atom is -0.340 e. The molecule has 1 amide bonds. The van der Waals surface area contributed by atoms with Crippen molar-refractivity contribution in [3.8, 4) is 0 Å². The molecule has 2 aliphatic heterocycles. The van der Waals surface area contributed by atoms with Gasteiger partial charge in [-0.05, 0) is 50.4 Å². The molecular weight excluding hydrogens is 348 g/mol. The number of benzene rings is 1. The van der Waals surface area contributed by atoms with Crippen LogP contribution in [-0.2, 0) is 11.3 Å². The van der Waals surface area contributed by atoms with Gasteiger partial charge in [0.2, 0.25) is 5.91 Å². The van der Waals surface area contributed by atoms with E-state index in [1.165, 1.54) is 23.8 Å². The van der Waals surface area contributed by atoms with E-state index in [9.17, 15) is 4.79 Å². The van der Waals surface area contributed by atoms with Gasteiger partial charge in [0.05, 0.1) is 5.52 Å². The smallest absolute Gasteiger partial charge is 0.222 e. The van der Waals surface area contributed by atoms with Gasteiger partial charge in [-0.1, -0.05) is 24.3 Å². The highest BCUT2D eigenvalue weighted by Crippen LogP contribution is 2.25. The number of likely N-dealkylation sites (N-methyl/N-ethyl adjacent to an activating group) is 1. The molecule has 0 unspecified atom stereocenters. The Morgan fingerprint density at radius 2 is 1.93 bits per heavy atom. The summed E-state index contributed by atoms with van der Waals surface area (Å²) in [5.41, 5.74) is 2.43. The maximum atomic E-state index is 12.6. The molecule has 5 heteroatoms. The first-order valence-corrected chi connectivity index (χ1v) is 10.7. The molecule has 0 spiro atoms. The van der Waals surface area contributed by atoms with Gasteiger partial charge < -0.3 is 9.80 Å². The number of piperazine rings is 1. The van der Waals surface area contributed by atoms with Gasteiger partial charge in [-0.2, -0.15) is 0 Å². The Labute approximate surface area is 168 Å². The van der Waals surface area contributed by atoms with Crippen LogP contribution < -0.4 is 0 Å². The molecule has 5 nitrogen and oxygen atoms in total. The lowest BCUT2D eigenvalue weighted by atomic mass is 9.92. The van der Waals surface area contributed by atoms with Crippen LogP contribution in [0.25, 0.3) is 10.9 Å². The monoisotopic (exact) mass is 380 g/mol. The lowest BCUT2D eigenvalue weighted by Gasteiger charge is -2.34. The van der Waals surface area contributed by atoms with E-state index in [1.54, 1.807) is 0 Å². The molecule has 0 saturated carbocycles. The zero-order chi connectivity index (χ0) is 19.3. The van der Waals surface area contributed by atoms with Crippen molar-refractivity contribution in [3.05, 3.63) is 42.1 Å². The average molecular weight is 381 g/mol. The van der Waals surface area contributed by atoms with Crippen LogP contribution in [0.1, 0.15) is 31.2 Å². The zero-order valence-corrected chi connectivity index (χ0v) is 17.0. The highest BCUT2D eigenvalue weighted by molar-refractivity contribution is 5.81. The van der Waals surface area contributed by atoms with Crippen molar-refractivity contribution in [2.75, 3.05) is 46.3 Å². The summed E-state index contributed by atoms with van der Waals surface area (Å²) < 4.78 is 0. The molecular formula is C23H32N4O. The Balaban J connectivity index is 1.30. The molecule has 1 aromatic carbocycles. The van der Waals surface area contributed by atoms with Crippen molar-refractivity contribution in [2.45, 2.75) is 32.2 Å². The summed E-state index contributed by atoms with van der Waals surface area (Å²) in [4.78, 5) is 24.1. The van der Waals surface area contributed by atoms with E-state index in [-0.39, 0.29) is 0 Å². The van der Waals surface area contributed by atoms with Gasteiger partial charge in [0, 0.05) is 57.3 Å². The maximum Gasteiger partial charge on any atom is 0.222 e. The highest BCUT2D eigenvalue weighted by Gasteiger charge is 2.24. The first-order valence-electron chi connectivity index (χ1n) is 10.7. The Bertz CT molecular complexity index is 795. The summed E-state index contributed by atoms with van der Waals surface area (Å²) >= 11 is 0. The molecule has 2 aliphatic rings. The third-order valence-corrected chi connectivity index (χ3v) is 6.34. The molecule has 1 atom stereocenters. The summed E-state index contributed by atoms with van der Waals surface area (Å²) in [6.45, 7) is 6.98. The topological polar surface area (TPSA) is 39.7 Å². The van der Waals surface area contributed by atoms with Crippen LogP contribution in [0.4, 0.5) is 0 Å². The lowest BCUT2D eigenvalue weighted by Crippen LogP contribution is -2.47. The predicted molar refractivity (Wildman–Crippen MR) is 113 cm³/mol. The van der Waals surface area contributed by atoms with Crippen LogP contribution in [0.3, 0.4) is 0 Å². The Morgan fingerprint density at radius 1 is 1.11 bits per heavy atom. The number of hydrogen-bond donors (Lipinski definition) is 0. The van der Waals surface area contributed by atoms with Crippen molar-refractivity contribution in [3.63, 3.8) is 0 Å². The minimum absolute atomic E-state index is 0.350. The Kier molecular flexibility index (Phi) is 6.23. The van der Waals surface area contributed by atoms with Crippen molar-refractivity contribution < 1.29 is 4.79 Å². The zero-order valence-electron chi connectivity index (χ0n) is 17.0. The molecule has 2 fully saturated rings. The van der Waals surface area contributed by atoms with Crippen LogP contribution in [0.15, 0.2) is 36.5 Å². The second-order valence-corrected chi connectivity index (χ2v) is 8.46. The van der Waals surface area contributed by atoms with Crippen molar-refractivity contribution in [1.82, 2.24) is 19.7 Å². The van der Waals surface area contributed by atoms with E-state index < -0.39 is 0 Å². The van der Waals surface area contributed by atoms with E-state index in [2.05, 4.69) is 51.0 Å². The van der Waals surface area contributed by atoms with Crippen molar-refractivity contribution >= 4 is 16.8 Å². The number of aromatic nitrogens is 1. The van der Waals surface area contributed by atoms with Crippen LogP contribution in [0.5, 0.6) is 0 Å². The minimum atomic E-state index is 0.350. The standard InChI is InChI=1S/C23H32N4O/c1-25-13-15-27(16-14-25)22(28)10-9-19-5-4-12-26(17-19)18-21-7-2-6-20-8-3-11-24-23(20)21/h2-3,6-8,11,19H,4-5,9-10,12-18H2,1H3/t19-/m0/s1. The fourth-order valence-corrected chi connectivity index (χ4v) is 4.61. The molecule has 0 radical (unpaired) electrons. The molecule has 2 aromatic rings. The summed E-state index contributed by atoms with van der Waals surface area (Å²) in [7, 11) is 2.13. The quantitative estimate of drug-likeness (QED) is 0.799. The SMILES string of the molecule is CN1CCN(C(=O)CC[C@@H]2CCCN(Cc3cccc4cccnc34)C2)CC1. The number of piperidine rings is 1. The van der Waals surface area contributed by atoms with Gasteiger partial charge in [-0.15, -0.1) is 0 Å². The van der Waals surface area contributed by atoms with Gasteiger partial charge in [-0.3, -0.25) is 14.7 Å². The maximum absolute atomic E-state index is 12.6. The number of fused-ring (bicyclic) bond motifs is 1. The van der Waals surface area contributed by atoms with Gasteiger partial charge in [0.1, 0.15) is 0 Å². The van der Waals surface area contributed by atoms with E-state index in [4.69, 9.17) is 0 Å². The number of hydrogen-bond acceptors (Lipinski definition) is 4. The molecule has 2 saturated heterocycles. The molecule has 28 heavy (non-hydrogen) atoms. The van der Waals surface area contributed by atoms with E-state index in [0.717, 1.165) is 57.8 Å². The summed E-state index contributed by atoms with van der Waals surface area (Å²) in [6, 6.07) is 10.6. The molecule has 1 aromatic heterocycles. The molecule has 0 N–H and O–H groups in total. The van der Waals surface area contributed by atoms with Crippen molar-refractivity contribution in [2.24, 2.45) is 5.92 Å². The van der Waals surface area contributed by atoms with Gasteiger partial charge in [0.25, 0.3) is 0 Å². The number of carbonyl (C=O) groups excluding carboxylic acids is 1. The lowest BCUT2D eigenvalue weighted by molar-refractivity contribution is -0.133. The molecule has 150 valence electrons. The van der Waals surface area contributed by atoms with E-state index in [1.807, 2.05) is 12.3 Å². The van der Waals surface area contributed by atoms with Crippen molar-refractivity contribution in [1.29, 1.82) is 0 Å². The molecule has 4 rings (SSSR count). The van der Waals surface area contributed by atoms with Crippen LogP contribution in [0.2, 0.25) is 0 Å². The number of amides is 1. The first-order chi connectivity index (χ1) is 13.7. The average Bonchev–Trinajstić information content (AvgIpc) is 2.73. The number of likely N-dealkylation sites (tertiary alicyclic amines) is 1. The number of pyridine rings is 1. The van der Waals surface area contributed by atoms with Crippen LogP contribution >= 0.6 is 0 Å². The van der Waals surface area contributed by atoms with Crippen LogP contribution in [0, 0.1) is 5.92 Å². The van der Waals surface area contributed by atoms with E-state index in [0.29, 0.717) is 18.2 Å². The third-order valence-electron chi connectivity index (χ3n) is 6.34. The molecule has 3 heterocycles. The van der Waals surface area contributed by atoms with E-state index >= 15 is 0 Å². The fraction of sp³-hybridized carbons (Fsp3) is 0.565. The summed E-state index contributed by atoms with van der Waals surface area (Å²) in [5, 5.41) is 1.21. The number of rotatable bonds is 5. The normalized spacial score (nSPS) is 21.9. The number of carbonyl (C=O) groups is 1. The second kappa shape index (κ2) is 9.01. The number of nitrogens with zero attached hydrogens (tertiary/aromatic N) is 4. The Hall–Kier alpha value is -1.98. The fourth-order valence-electron chi connectivity index (χ4n) is 4.61. The van der Waals surface area contributed by atoms with Gasteiger partial charge in [0.15, 0.2) is 0 Å². The van der Waals surface area contributed by atoms with Gasteiger partial charge in [-0.25, -0.2) is 0 Å². The number of para-hydroxylation sites is 1. The van der Waals surface area contributed by atoms with Gasteiger partial charge >= 0.3 is 0 Å². The first kappa shape index (κ1) is 19.3.